The fraction of sp³-hybridized carbons (Fsp3) is 0.111. The van der Waals surface area contributed by atoms with Gasteiger partial charge >= 0.3 is 0 Å². The molecule has 1 unspecified atom stereocenters. The first-order valence-corrected chi connectivity index (χ1v) is 8.61. The van der Waals surface area contributed by atoms with Crippen LogP contribution in [0.4, 0.5) is 16.0 Å². The predicted octanol–water partition coefficient (Wildman–Crippen LogP) is 2.98. The van der Waals surface area contributed by atoms with Crippen LogP contribution >= 0.6 is 11.6 Å². The number of aliphatic hydroxyl groups is 2. The van der Waals surface area contributed by atoms with E-state index in [2.05, 4.69) is 30.2 Å². The second-order valence-corrected chi connectivity index (χ2v) is 6.29. The van der Waals surface area contributed by atoms with Crippen LogP contribution < -0.4 is 5.32 Å². The third kappa shape index (κ3) is 3.38. The van der Waals surface area contributed by atoms with Crippen LogP contribution in [0.3, 0.4) is 0 Å². The summed E-state index contributed by atoms with van der Waals surface area (Å²) in [6.45, 7) is -0.461. The number of halogens is 2. The van der Waals surface area contributed by atoms with Crippen LogP contribution in [-0.2, 0) is 0 Å². The minimum atomic E-state index is -1.12. The maximum absolute atomic E-state index is 14.2. The van der Waals surface area contributed by atoms with Crippen molar-refractivity contribution < 1.29 is 14.6 Å². The number of aromatic amines is 1. The van der Waals surface area contributed by atoms with Gasteiger partial charge in [0.25, 0.3) is 0 Å². The Morgan fingerprint density at radius 2 is 2.07 bits per heavy atom. The highest BCUT2D eigenvalue weighted by Gasteiger charge is 2.16. The van der Waals surface area contributed by atoms with Crippen molar-refractivity contribution in [1.82, 2.24) is 24.9 Å². The van der Waals surface area contributed by atoms with Crippen molar-refractivity contribution in [3.05, 3.63) is 59.4 Å². The SMILES string of the molecule is OCC(O)c1cc(Nc2nccc3nc(-c4c(F)cccc4Cl)[nH]c23)ncn1. The molecule has 3 heterocycles. The van der Waals surface area contributed by atoms with Crippen molar-refractivity contribution in [2.75, 3.05) is 11.9 Å². The molecule has 0 amide bonds. The van der Waals surface area contributed by atoms with E-state index in [-0.39, 0.29) is 22.1 Å². The van der Waals surface area contributed by atoms with Gasteiger partial charge in [0.05, 0.1) is 28.4 Å². The first kappa shape index (κ1) is 18.2. The number of pyridine rings is 1. The molecule has 0 aliphatic carbocycles. The number of H-pyrrole nitrogens is 1. The Morgan fingerprint density at radius 1 is 1.21 bits per heavy atom. The summed E-state index contributed by atoms with van der Waals surface area (Å²) in [4.78, 5) is 19.7. The number of hydrogen-bond acceptors (Lipinski definition) is 7. The Morgan fingerprint density at radius 3 is 2.86 bits per heavy atom. The number of nitrogens with one attached hydrogen (secondary N) is 2. The third-order valence-electron chi connectivity index (χ3n) is 4.05. The quantitative estimate of drug-likeness (QED) is 0.406. The fourth-order valence-electron chi connectivity index (χ4n) is 2.71. The number of rotatable bonds is 5. The van der Waals surface area contributed by atoms with Gasteiger partial charge in [0, 0.05) is 12.3 Å². The number of nitrogens with zero attached hydrogens (tertiary/aromatic N) is 4. The number of aliphatic hydroxyl groups excluding tert-OH is 2. The van der Waals surface area contributed by atoms with Gasteiger partial charge in [-0.3, -0.25) is 0 Å². The molecule has 0 spiro atoms. The summed E-state index contributed by atoms with van der Waals surface area (Å²) in [6.07, 6.45) is 1.69. The van der Waals surface area contributed by atoms with Gasteiger partial charge in [-0.2, -0.15) is 0 Å². The zero-order valence-electron chi connectivity index (χ0n) is 14.3. The first-order chi connectivity index (χ1) is 13.6. The van der Waals surface area contributed by atoms with Gasteiger partial charge < -0.3 is 20.5 Å². The lowest BCUT2D eigenvalue weighted by Gasteiger charge is -2.09. The molecule has 142 valence electrons. The van der Waals surface area contributed by atoms with Crippen LogP contribution in [0.15, 0.2) is 42.9 Å². The highest BCUT2D eigenvalue weighted by Crippen LogP contribution is 2.31. The van der Waals surface area contributed by atoms with Gasteiger partial charge in [0.1, 0.15) is 35.4 Å². The van der Waals surface area contributed by atoms with Crippen molar-refractivity contribution in [1.29, 1.82) is 0 Å². The van der Waals surface area contributed by atoms with Gasteiger partial charge in [-0.15, -0.1) is 0 Å². The van der Waals surface area contributed by atoms with Crippen molar-refractivity contribution in [2.24, 2.45) is 0 Å². The smallest absolute Gasteiger partial charge is 0.157 e. The Hall–Kier alpha value is -3.14. The summed E-state index contributed by atoms with van der Waals surface area (Å²) in [7, 11) is 0. The summed E-state index contributed by atoms with van der Waals surface area (Å²) in [6, 6.07) is 7.58. The Balaban J connectivity index is 1.74. The summed E-state index contributed by atoms with van der Waals surface area (Å²) in [5.41, 5.74) is 1.51. The summed E-state index contributed by atoms with van der Waals surface area (Å²) >= 11 is 6.13. The fourth-order valence-corrected chi connectivity index (χ4v) is 2.96. The van der Waals surface area contributed by atoms with E-state index in [9.17, 15) is 9.50 Å². The molecule has 1 aromatic carbocycles. The maximum atomic E-state index is 14.2. The number of aromatic nitrogens is 5. The lowest BCUT2D eigenvalue weighted by atomic mass is 10.2. The van der Waals surface area contributed by atoms with Crippen molar-refractivity contribution in [3.8, 4) is 11.4 Å². The molecule has 8 nitrogen and oxygen atoms in total. The first-order valence-electron chi connectivity index (χ1n) is 8.24. The third-order valence-corrected chi connectivity index (χ3v) is 4.37. The lowest BCUT2D eigenvalue weighted by Crippen LogP contribution is -2.06. The van der Waals surface area contributed by atoms with E-state index in [1.54, 1.807) is 18.3 Å². The molecule has 4 N–H and O–H groups in total. The minimum Gasteiger partial charge on any atom is -0.393 e. The van der Waals surface area contributed by atoms with Crippen molar-refractivity contribution in [3.63, 3.8) is 0 Å². The molecule has 28 heavy (non-hydrogen) atoms. The molecule has 0 saturated heterocycles. The number of imidazole rings is 1. The molecule has 0 aliphatic rings. The Labute approximate surface area is 163 Å². The highest BCUT2D eigenvalue weighted by atomic mass is 35.5. The van der Waals surface area contributed by atoms with Crippen LogP contribution in [0.5, 0.6) is 0 Å². The molecule has 4 rings (SSSR count). The van der Waals surface area contributed by atoms with Gasteiger partial charge in [-0.05, 0) is 18.2 Å². The van der Waals surface area contributed by atoms with Crippen LogP contribution in [-0.4, -0.2) is 41.7 Å². The maximum Gasteiger partial charge on any atom is 0.157 e. The van der Waals surface area contributed by atoms with E-state index >= 15 is 0 Å². The van der Waals surface area contributed by atoms with Crippen molar-refractivity contribution in [2.45, 2.75) is 6.10 Å². The molecular formula is C18H14ClFN6O2. The van der Waals surface area contributed by atoms with Crippen LogP contribution in [0, 0.1) is 5.82 Å². The molecular weight excluding hydrogens is 387 g/mol. The topological polar surface area (TPSA) is 120 Å². The van der Waals surface area contributed by atoms with Crippen LogP contribution in [0.25, 0.3) is 22.4 Å². The van der Waals surface area contributed by atoms with E-state index in [1.165, 1.54) is 24.5 Å². The Bertz CT molecular complexity index is 1130. The van der Waals surface area contributed by atoms with Gasteiger partial charge in [0.2, 0.25) is 0 Å². The number of anilines is 2. The second kappa shape index (κ2) is 7.47. The number of fused-ring (bicyclic) bond motifs is 1. The van der Waals surface area contributed by atoms with E-state index in [1.807, 2.05) is 0 Å². The molecule has 4 aromatic rings. The average molecular weight is 401 g/mol. The molecule has 3 aromatic heterocycles. The molecule has 0 fully saturated rings. The van der Waals surface area contributed by atoms with E-state index in [4.69, 9.17) is 16.7 Å². The van der Waals surface area contributed by atoms with Gasteiger partial charge in [0.15, 0.2) is 5.82 Å². The summed E-state index contributed by atoms with van der Waals surface area (Å²) in [5, 5.41) is 22.0. The lowest BCUT2D eigenvalue weighted by molar-refractivity contribution is 0.0922. The highest BCUT2D eigenvalue weighted by molar-refractivity contribution is 6.33. The van der Waals surface area contributed by atoms with Crippen LogP contribution in [0.2, 0.25) is 5.02 Å². The predicted molar refractivity (Wildman–Crippen MR) is 102 cm³/mol. The van der Waals surface area contributed by atoms with Gasteiger partial charge in [-0.25, -0.2) is 24.3 Å². The monoisotopic (exact) mass is 400 g/mol. The molecule has 0 aliphatic heterocycles. The second-order valence-electron chi connectivity index (χ2n) is 5.89. The average Bonchev–Trinajstić information content (AvgIpc) is 3.12. The van der Waals surface area contributed by atoms with E-state index in [0.717, 1.165) is 0 Å². The Kier molecular flexibility index (Phi) is 4.86. The van der Waals surface area contributed by atoms with Gasteiger partial charge in [-0.1, -0.05) is 17.7 Å². The van der Waals surface area contributed by atoms with E-state index < -0.39 is 18.5 Å². The molecule has 0 saturated carbocycles. The zero-order chi connectivity index (χ0) is 19.7. The summed E-state index contributed by atoms with van der Waals surface area (Å²) < 4.78 is 14.2. The molecule has 1 atom stereocenters. The number of benzene rings is 1. The standard InChI is InChI=1S/C18H14ClFN6O2/c19-9-2-1-3-10(20)15(9)17-24-11-4-5-21-18(16(11)26-17)25-14-6-12(13(28)7-27)22-8-23-14/h1-6,8,13,27-28H,7H2,(H,24,26)(H,21,22,23,25). The summed E-state index contributed by atoms with van der Waals surface area (Å²) in [5.74, 6) is 0.533. The van der Waals surface area contributed by atoms with Crippen LogP contribution in [0.1, 0.15) is 11.8 Å². The largest absolute Gasteiger partial charge is 0.393 e. The molecule has 10 heteroatoms. The normalized spacial score (nSPS) is 12.3. The number of hydrogen-bond donors (Lipinski definition) is 4. The molecule has 0 radical (unpaired) electrons. The van der Waals surface area contributed by atoms with E-state index in [0.29, 0.717) is 22.7 Å². The zero-order valence-corrected chi connectivity index (χ0v) is 15.0. The molecule has 0 bridgehead atoms. The van der Waals surface area contributed by atoms with Crippen molar-refractivity contribution >= 4 is 34.3 Å². The minimum absolute atomic E-state index is 0.168.